The maximum atomic E-state index is 10.7. The van der Waals surface area contributed by atoms with E-state index in [1.807, 2.05) is 0 Å². The highest BCUT2D eigenvalue weighted by molar-refractivity contribution is 6.33. The molecule has 1 aromatic carbocycles. The van der Waals surface area contributed by atoms with Gasteiger partial charge in [-0.3, -0.25) is 0 Å². The number of rotatable bonds is 1. The molecule has 3 nitrogen and oxygen atoms in total. The van der Waals surface area contributed by atoms with Crippen LogP contribution in [0.4, 0.5) is 0 Å². The van der Waals surface area contributed by atoms with Crippen LogP contribution in [0.2, 0.25) is 5.02 Å². The van der Waals surface area contributed by atoms with Crippen molar-refractivity contribution in [1.29, 1.82) is 0 Å². The molecule has 0 amide bonds. The summed E-state index contributed by atoms with van der Waals surface area (Å²) in [5.74, 6) is 4.30. The van der Waals surface area contributed by atoms with Crippen molar-refractivity contribution in [3.63, 3.8) is 0 Å². The van der Waals surface area contributed by atoms with Gasteiger partial charge in [-0.25, -0.2) is 4.79 Å². The van der Waals surface area contributed by atoms with Gasteiger partial charge in [-0.2, -0.15) is 0 Å². The van der Waals surface area contributed by atoms with Crippen molar-refractivity contribution in [2.75, 3.05) is 6.54 Å². The molecule has 4 heteroatoms. The molecule has 0 spiro atoms. The third-order valence-corrected chi connectivity index (χ3v) is 1.86. The van der Waals surface area contributed by atoms with Gasteiger partial charge in [-0.05, 0) is 18.2 Å². The average Bonchev–Trinajstić information content (AvgIpc) is 2.16. The van der Waals surface area contributed by atoms with Gasteiger partial charge in [-0.15, -0.1) is 0 Å². The van der Waals surface area contributed by atoms with E-state index in [1.54, 1.807) is 6.07 Å². The second kappa shape index (κ2) is 4.66. The molecule has 72 valence electrons. The lowest BCUT2D eigenvalue weighted by atomic mass is 10.1. The minimum absolute atomic E-state index is 0.0514. The van der Waals surface area contributed by atoms with E-state index >= 15 is 0 Å². The van der Waals surface area contributed by atoms with Crippen molar-refractivity contribution < 1.29 is 9.90 Å². The second-order valence-corrected chi connectivity index (χ2v) is 2.91. The molecule has 0 aromatic heterocycles. The number of carboxylic acid groups (broad SMARTS) is 1. The monoisotopic (exact) mass is 209 g/mol. The van der Waals surface area contributed by atoms with E-state index in [9.17, 15) is 4.79 Å². The van der Waals surface area contributed by atoms with Gasteiger partial charge in [0.25, 0.3) is 0 Å². The lowest BCUT2D eigenvalue weighted by molar-refractivity contribution is 0.0697. The first-order valence-corrected chi connectivity index (χ1v) is 4.24. The smallest absolute Gasteiger partial charge is 0.337 e. The lowest BCUT2D eigenvalue weighted by Gasteiger charge is -1.98. The molecule has 0 aliphatic carbocycles. The maximum absolute atomic E-state index is 10.7. The van der Waals surface area contributed by atoms with Crippen molar-refractivity contribution in [3.8, 4) is 11.8 Å². The van der Waals surface area contributed by atoms with Crippen molar-refractivity contribution in [2.45, 2.75) is 0 Å². The predicted molar refractivity (Wildman–Crippen MR) is 54.3 cm³/mol. The highest BCUT2D eigenvalue weighted by Crippen LogP contribution is 2.16. The Morgan fingerprint density at radius 3 is 2.86 bits per heavy atom. The van der Waals surface area contributed by atoms with E-state index < -0.39 is 5.97 Å². The fourth-order valence-electron chi connectivity index (χ4n) is 0.920. The molecule has 0 bridgehead atoms. The number of hydrogen-bond donors (Lipinski definition) is 2. The molecule has 0 aliphatic heterocycles. The van der Waals surface area contributed by atoms with Crippen molar-refractivity contribution in [1.82, 2.24) is 0 Å². The molecule has 0 heterocycles. The van der Waals surface area contributed by atoms with Crippen LogP contribution < -0.4 is 5.73 Å². The average molecular weight is 210 g/mol. The van der Waals surface area contributed by atoms with E-state index in [1.165, 1.54) is 12.1 Å². The first-order chi connectivity index (χ1) is 6.65. The van der Waals surface area contributed by atoms with Crippen LogP contribution in [0.5, 0.6) is 0 Å². The van der Waals surface area contributed by atoms with E-state index in [0.29, 0.717) is 5.56 Å². The lowest BCUT2D eigenvalue weighted by Crippen LogP contribution is -1.98. The van der Waals surface area contributed by atoms with Crippen LogP contribution in [0.3, 0.4) is 0 Å². The summed E-state index contributed by atoms with van der Waals surface area (Å²) in [4.78, 5) is 10.7. The summed E-state index contributed by atoms with van der Waals surface area (Å²) >= 11 is 5.67. The number of carbonyl (C=O) groups is 1. The van der Waals surface area contributed by atoms with Gasteiger partial charge in [0, 0.05) is 5.56 Å². The Morgan fingerprint density at radius 2 is 2.29 bits per heavy atom. The predicted octanol–water partition coefficient (Wildman–Crippen LogP) is 1.35. The molecule has 0 aliphatic rings. The molecule has 0 radical (unpaired) electrons. The van der Waals surface area contributed by atoms with Crippen LogP contribution in [0.25, 0.3) is 0 Å². The van der Waals surface area contributed by atoms with Crippen molar-refractivity contribution in [3.05, 3.63) is 34.3 Å². The van der Waals surface area contributed by atoms with Gasteiger partial charge < -0.3 is 10.8 Å². The summed E-state index contributed by atoms with van der Waals surface area (Å²) in [6.07, 6.45) is 0. The topological polar surface area (TPSA) is 63.3 Å². The summed E-state index contributed by atoms with van der Waals surface area (Å²) in [5.41, 5.74) is 5.83. The summed E-state index contributed by atoms with van der Waals surface area (Å²) in [6.45, 7) is 0.241. The Labute approximate surface area is 86.5 Å². The number of benzene rings is 1. The fourth-order valence-corrected chi connectivity index (χ4v) is 1.12. The second-order valence-electron chi connectivity index (χ2n) is 2.51. The van der Waals surface area contributed by atoms with Gasteiger partial charge in [0.2, 0.25) is 0 Å². The van der Waals surface area contributed by atoms with Crippen LogP contribution in [-0.2, 0) is 0 Å². The highest BCUT2D eigenvalue weighted by Gasteiger charge is 2.07. The summed E-state index contributed by atoms with van der Waals surface area (Å²) in [5, 5.41) is 8.96. The van der Waals surface area contributed by atoms with E-state index in [0.717, 1.165) is 0 Å². The van der Waals surface area contributed by atoms with Crippen molar-refractivity contribution in [2.24, 2.45) is 5.73 Å². The highest BCUT2D eigenvalue weighted by atomic mass is 35.5. The molecule has 14 heavy (non-hydrogen) atoms. The van der Waals surface area contributed by atoms with Crippen LogP contribution in [0.15, 0.2) is 18.2 Å². The third kappa shape index (κ3) is 2.49. The SMILES string of the molecule is NCC#Cc1ccc(Cl)c(C(=O)O)c1. The Morgan fingerprint density at radius 1 is 1.57 bits per heavy atom. The normalized spacial score (nSPS) is 9.00. The number of nitrogens with two attached hydrogens (primary N) is 1. The Balaban J connectivity index is 3.13. The zero-order valence-electron chi connectivity index (χ0n) is 7.25. The van der Waals surface area contributed by atoms with Gasteiger partial charge in [0.1, 0.15) is 0 Å². The van der Waals surface area contributed by atoms with Gasteiger partial charge >= 0.3 is 5.97 Å². The van der Waals surface area contributed by atoms with Gasteiger partial charge in [0.15, 0.2) is 0 Å². The molecule has 1 rings (SSSR count). The molecular weight excluding hydrogens is 202 g/mol. The van der Waals surface area contributed by atoms with Gasteiger partial charge in [0.05, 0.1) is 17.1 Å². The third-order valence-electron chi connectivity index (χ3n) is 1.53. The minimum Gasteiger partial charge on any atom is -0.478 e. The summed E-state index contributed by atoms with van der Waals surface area (Å²) < 4.78 is 0. The summed E-state index contributed by atoms with van der Waals surface area (Å²) in [6, 6.07) is 4.58. The first kappa shape index (κ1) is 10.6. The van der Waals surface area contributed by atoms with Crippen molar-refractivity contribution >= 4 is 17.6 Å². The Kier molecular flexibility index (Phi) is 3.52. The van der Waals surface area contributed by atoms with Crippen LogP contribution in [0.1, 0.15) is 15.9 Å². The minimum atomic E-state index is -1.06. The number of halogens is 1. The Bertz CT molecular complexity index is 418. The van der Waals surface area contributed by atoms with Crippen LogP contribution in [-0.4, -0.2) is 17.6 Å². The number of hydrogen-bond acceptors (Lipinski definition) is 2. The molecule has 1 aromatic rings. The molecule has 0 saturated carbocycles. The maximum Gasteiger partial charge on any atom is 0.337 e. The fraction of sp³-hybridized carbons (Fsp3) is 0.100. The van der Waals surface area contributed by atoms with Gasteiger partial charge in [-0.1, -0.05) is 23.4 Å². The molecule has 0 saturated heterocycles. The number of aromatic carboxylic acids is 1. The molecule has 0 unspecified atom stereocenters. The quantitative estimate of drug-likeness (QED) is 0.687. The van der Waals surface area contributed by atoms with E-state index in [-0.39, 0.29) is 17.1 Å². The molecule has 0 atom stereocenters. The standard InChI is InChI=1S/C10H8ClNO2/c11-9-4-3-7(2-1-5-12)6-8(9)10(13)14/h3-4,6H,5,12H2,(H,13,14). The first-order valence-electron chi connectivity index (χ1n) is 3.87. The summed E-state index contributed by atoms with van der Waals surface area (Å²) in [7, 11) is 0. The molecule has 0 fully saturated rings. The molecular formula is C10H8ClNO2. The molecule has 3 N–H and O–H groups in total. The largest absolute Gasteiger partial charge is 0.478 e. The van der Waals surface area contributed by atoms with E-state index in [2.05, 4.69) is 11.8 Å². The number of carboxylic acids is 1. The van der Waals surface area contributed by atoms with E-state index in [4.69, 9.17) is 22.4 Å². The Hall–Kier alpha value is -1.50. The zero-order chi connectivity index (χ0) is 10.6. The zero-order valence-corrected chi connectivity index (χ0v) is 8.01. The van der Waals surface area contributed by atoms with Crippen LogP contribution in [0, 0.1) is 11.8 Å². The van der Waals surface area contributed by atoms with Crippen LogP contribution >= 0.6 is 11.6 Å².